The molecule has 31 heavy (non-hydrogen) atoms. The van der Waals surface area contributed by atoms with Crippen molar-refractivity contribution in [2.75, 3.05) is 13.7 Å². The average molecular weight is 457 g/mol. The highest BCUT2D eigenvalue weighted by atomic mass is 35.5. The monoisotopic (exact) mass is 456 g/mol. The Morgan fingerprint density at radius 3 is 2.29 bits per heavy atom. The van der Waals surface area contributed by atoms with Gasteiger partial charge in [0.2, 0.25) is 0 Å². The summed E-state index contributed by atoms with van der Waals surface area (Å²) in [7, 11) is 1.28. The Kier molecular flexibility index (Phi) is 7.81. The summed E-state index contributed by atoms with van der Waals surface area (Å²) in [5.74, 6) is -0.938. The first-order chi connectivity index (χ1) is 15.0. The van der Waals surface area contributed by atoms with Crippen molar-refractivity contribution in [1.82, 2.24) is 10.2 Å². The van der Waals surface area contributed by atoms with Crippen LogP contribution in [0.1, 0.15) is 31.2 Å². The molecular weight excluding hydrogens is 436 g/mol. The number of thiophene rings is 1. The van der Waals surface area contributed by atoms with Gasteiger partial charge in [0.15, 0.2) is 0 Å². The SMILES string of the molecule is COC(=O)CN(Cc1ccc(Cl)cc1)C(=O)c1ccc(CNC(=O)c2cccs2)cc1. The fourth-order valence-electron chi connectivity index (χ4n) is 2.86. The highest BCUT2D eigenvalue weighted by molar-refractivity contribution is 7.12. The number of esters is 1. The Hall–Kier alpha value is -3.16. The van der Waals surface area contributed by atoms with Gasteiger partial charge in [0, 0.05) is 23.7 Å². The molecule has 0 aliphatic heterocycles. The molecule has 0 bridgehead atoms. The molecule has 6 nitrogen and oxygen atoms in total. The van der Waals surface area contributed by atoms with Gasteiger partial charge in [0.25, 0.3) is 11.8 Å². The molecule has 1 N–H and O–H groups in total. The second-order valence-electron chi connectivity index (χ2n) is 6.72. The van der Waals surface area contributed by atoms with Crippen molar-refractivity contribution in [2.45, 2.75) is 13.1 Å². The first-order valence-corrected chi connectivity index (χ1v) is 10.7. The number of nitrogens with one attached hydrogen (secondary N) is 1. The Morgan fingerprint density at radius 1 is 1.00 bits per heavy atom. The second-order valence-corrected chi connectivity index (χ2v) is 8.10. The maximum atomic E-state index is 13.0. The molecule has 160 valence electrons. The zero-order valence-electron chi connectivity index (χ0n) is 16.8. The van der Waals surface area contributed by atoms with Crippen molar-refractivity contribution in [1.29, 1.82) is 0 Å². The predicted molar refractivity (Wildman–Crippen MR) is 120 cm³/mol. The lowest BCUT2D eigenvalue weighted by Gasteiger charge is -2.22. The number of amides is 2. The zero-order chi connectivity index (χ0) is 22.2. The van der Waals surface area contributed by atoms with Crippen LogP contribution in [-0.2, 0) is 22.6 Å². The molecule has 2 amide bonds. The van der Waals surface area contributed by atoms with Crippen LogP contribution in [0.2, 0.25) is 5.02 Å². The third-order valence-electron chi connectivity index (χ3n) is 4.52. The van der Waals surface area contributed by atoms with E-state index in [0.717, 1.165) is 11.1 Å². The van der Waals surface area contributed by atoms with E-state index in [-0.39, 0.29) is 24.9 Å². The number of hydrogen-bond donors (Lipinski definition) is 1. The van der Waals surface area contributed by atoms with Gasteiger partial charge in [-0.1, -0.05) is 41.9 Å². The molecular formula is C23H21ClN2O4S. The Bertz CT molecular complexity index is 1030. The summed E-state index contributed by atoms with van der Waals surface area (Å²) in [5.41, 5.74) is 2.14. The molecule has 0 saturated heterocycles. The molecule has 3 rings (SSSR count). The van der Waals surface area contributed by atoms with Crippen molar-refractivity contribution < 1.29 is 19.1 Å². The lowest BCUT2D eigenvalue weighted by Crippen LogP contribution is -2.35. The number of carbonyl (C=O) groups is 3. The van der Waals surface area contributed by atoms with Crippen molar-refractivity contribution in [3.05, 3.63) is 92.6 Å². The van der Waals surface area contributed by atoms with Gasteiger partial charge in [0.05, 0.1) is 12.0 Å². The minimum Gasteiger partial charge on any atom is -0.468 e. The summed E-state index contributed by atoms with van der Waals surface area (Å²) in [4.78, 5) is 39.0. The summed E-state index contributed by atoms with van der Waals surface area (Å²) in [6.07, 6.45) is 0. The van der Waals surface area contributed by atoms with Gasteiger partial charge in [0.1, 0.15) is 6.54 Å². The topological polar surface area (TPSA) is 75.7 Å². The molecule has 2 aromatic carbocycles. The number of halogens is 1. The number of methoxy groups -OCH3 is 1. The van der Waals surface area contributed by atoms with Gasteiger partial charge in [-0.3, -0.25) is 14.4 Å². The lowest BCUT2D eigenvalue weighted by molar-refractivity contribution is -0.141. The van der Waals surface area contributed by atoms with E-state index >= 15 is 0 Å². The number of nitrogens with zero attached hydrogens (tertiary/aromatic N) is 1. The second kappa shape index (κ2) is 10.7. The third kappa shape index (κ3) is 6.41. The molecule has 0 atom stereocenters. The van der Waals surface area contributed by atoms with Crippen LogP contribution in [0.4, 0.5) is 0 Å². The fraction of sp³-hybridized carbons (Fsp3) is 0.174. The van der Waals surface area contributed by atoms with Crippen LogP contribution in [0.25, 0.3) is 0 Å². The third-order valence-corrected chi connectivity index (χ3v) is 5.64. The van der Waals surface area contributed by atoms with E-state index in [2.05, 4.69) is 5.32 Å². The van der Waals surface area contributed by atoms with E-state index < -0.39 is 5.97 Å². The lowest BCUT2D eigenvalue weighted by atomic mass is 10.1. The summed E-state index contributed by atoms with van der Waals surface area (Å²) < 4.78 is 4.73. The highest BCUT2D eigenvalue weighted by Crippen LogP contribution is 2.15. The smallest absolute Gasteiger partial charge is 0.325 e. The summed E-state index contributed by atoms with van der Waals surface area (Å²) >= 11 is 7.30. The number of benzene rings is 2. The van der Waals surface area contributed by atoms with Crippen LogP contribution in [-0.4, -0.2) is 36.3 Å². The standard InChI is InChI=1S/C23H21ClN2O4S/c1-30-21(27)15-26(14-17-6-10-19(24)11-7-17)23(29)18-8-4-16(5-9-18)13-25-22(28)20-3-2-12-31-20/h2-12H,13-15H2,1H3,(H,25,28). The Labute approximate surface area is 189 Å². The van der Waals surface area contributed by atoms with E-state index in [1.807, 2.05) is 11.4 Å². The summed E-state index contributed by atoms with van der Waals surface area (Å²) in [6.45, 7) is 0.419. The maximum absolute atomic E-state index is 13.0. The molecule has 3 aromatic rings. The fourth-order valence-corrected chi connectivity index (χ4v) is 3.62. The van der Waals surface area contributed by atoms with Crippen LogP contribution in [0.5, 0.6) is 0 Å². The van der Waals surface area contributed by atoms with E-state index in [9.17, 15) is 14.4 Å². The number of hydrogen-bond acceptors (Lipinski definition) is 5. The van der Waals surface area contributed by atoms with Gasteiger partial charge >= 0.3 is 5.97 Å². The quantitative estimate of drug-likeness (QED) is 0.517. The highest BCUT2D eigenvalue weighted by Gasteiger charge is 2.20. The van der Waals surface area contributed by atoms with E-state index in [0.29, 0.717) is 22.0 Å². The van der Waals surface area contributed by atoms with Crippen molar-refractivity contribution in [3.8, 4) is 0 Å². The zero-order valence-corrected chi connectivity index (χ0v) is 18.4. The molecule has 0 saturated carbocycles. The van der Waals surface area contributed by atoms with E-state index in [4.69, 9.17) is 16.3 Å². The normalized spacial score (nSPS) is 10.4. The molecule has 1 aromatic heterocycles. The predicted octanol–water partition coefficient (Wildman–Crippen LogP) is 4.15. The van der Waals surface area contributed by atoms with Crippen LogP contribution in [0.3, 0.4) is 0 Å². The van der Waals surface area contributed by atoms with Crippen LogP contribution in [0.15, 0.2) is 66.0 Å². The van der Waals surface area contributed by atoms with Gasteiger partial charge in [-0.2, -0.15) is 0 Å². The van der Waals surface area contributed by atoms with Crippen LogP contribution in [0, 0.1) is 0 Å². The Balaban J connectivity index is 1.67. The number of rotatable bonds is 8. The van der Waals surface area contributed by atoms with Gasteiger partial charge in [-0.25, -0.2) is 0 Å². The first kappa shape index (κ1) is 22.5. The van der Waals surface area contributed by atoms with Crippen molar-refractivity contribution in [3.63, 3.8) is 0 Å². The first-order valence-electron chi connectivity index (χ1n) is 9.47. The number of carbonyl (C=O) groups excluding carboxylic acids is 3. The Morgan fingerprint density at radius 2 is 1.68 bits per heavy atom. The molecule has 1 heterocycles. The summed E-state index contributed by atoms with van der Waals surface area (Å²) in [6, 6.07) is 17.6. The average Bonchev–Trinajstić information content (AvgIpc) is 3.33. The largest absolute Gasteiger partial charge is 0.468 e. The van der Waals surface area contributed by atoms with Crippen molar-refractivity contribution >= 4 is 40.7 Å². The van der Waals surface area contributed by atoms with Crippen LogP contribution >= 0.6 is 22.9 Å². The van der Waals surface area contributed by atoms with E-state index in [1.165, 1.54) is 23.3 Å². The molecule has 0 spiro atoms. The molecule has 0 radical (unpaired) electrons. The minimum absolute atomic E-state index is 0.137. The summed E-state index contributed by atoms with van der Waals surface area (Å²) in [5, 5.41) is 5.29. The molecule has 0 unspecified atom stereocenters. The maximum Gasteiger partial charge on any atom is 0.325 e. The van der Waals surface area contributed by atoms with Gasteiger partial charge in [-0.05, 0) is 46.8 Å². The van der Waals surface area contributed by atoms with E-state index in [1.54, 1.807) is 54.6 Å². The van der Waals surface area contributed by atoms with Gasteiger partial charge in [-0.15, -0.1) is 11.3 Å². The molecule has 0 fully saturated rings. The number of ether oxygens (including phenoxy) is 1. The molecule has 0 aliphatic rings. The van der Waals surface area contributed by atoms with Crippen LogP contribution < -0.4 is 5.32 Å². The van der Waals surface area contributed by atoms with Crippen molar-refractivity contribution in [2.24, 2.45) is 0 Å². The van der Waals surface area contributed by atoms with Gasteiger partial charge < -0.3 is 15.0 Å². The molecule has 0 aliphatic carbocycles. The molecule has 8 heteroatoms. The minimum atomic E-state index is -0.504.